The minimum Gasteiger partial charge on any atom is -0.456 e. The number of carbonyl (C=O) groups excluding carboxylic acids is 3. The molecule has 0 spiro atoms. The molecule has 0 saturated heterocycles. The van der Waals surface area contributed by atoms with Crippen molar-refractivity contribution < 1.29 is 23.5 Å². The highest BCUT2D eigenvalue weighted by Crippen LogP contribution is 2.20. The van der Waals surface area contributed by atoms with Crippen LogP contribution in [0.5, 0.6) is 0 Å². The van der Waals surface area contributed by atoms with E-state index in [2.05, 4.69) is 5.32 Å². The summed E-state index contributed by atoms with van der Waals surface area (Å²) in [5, 5.41) is 2.42. The highest BCUT2D eigenvalue weighted by Gasteiger charge is 2.12. The van der Waals surface area contributed by atoms with Gasteiger partial charge < -0.3 is 10.1 Å². The number of carbonyl (C=O) groups is 3. The van der Waals surface area contributed by atoms with Gasteiger partial charge in [-0.3, -0.25) is 14.4 Å². The number of ether oxygens (including phenoxy) is 1. The van der Waals surface area contributed by atoms with Gasteiger partial charge >= 0.3 is 5.97 Å². The maximum absolute atomic E-state index is 13.1. The van der Waals surface area contributed by atoms with Crippen molar-refractivity contribution in [3.05, 3.63) is 90.2 Å². The van der Waals surface area contributed by atoms with Gasteiger partial charge in [-0.25, -0.2) is 4.39 Å². The first-order valence-corrected chi connectivity index (χ1v) is 9.41. The second-order valence-corrected chi connectivity index (χ2v) is 6.59. The van der Waals surface area contributed by atoms with E-state index in [1.165, 1.54) is 18.2 Å². The molecule has 3 aromatic carbocycles. The van der Waals surface area contributed by atoms with Gasteiger partial charge in [0.2, 0.25) is 0 Å². The number of hydrogen-bond acceptors (Lipinski definition) is 4. The molecule has 30 heavy (non-hydrogen) atoms. The van der Waals surface area contributed by atoms with E-state index >= 15 is 0 Å². The Labute approximate surface area is 173 Å². The van der Waals surface area contributed by atoms with E-state index in [-0.39, 0.29) is 24.3 Å². The Kier molecular flexibility index (Phi) is 7.05. The first-order chi connectivity index (χ1) is 14.5. The van der Waals surface area contributed by atoms with Crippen LogP contribution in [0.3, 0.4) is 0 Å². The van der Waals surface area contributed by atoms with Crippen molar-refractivity contribution in [2.75, 3.05) is 11.9 Å². The van der Waals surface area contributed by atoms with Gasteiger partial charge in [-0.05, 0) is 29.3 Å². The monoisotopic (exact) mass is 405 g/mol. The second-order valence-electron chi connectivity index (χ2n) is 6.59. The molecule has 0 saturated carbocycles. The molecule has 0 aliphatic heterocycles. The summed E-state index contributed by atoms with van der Waals surface area (Å²) in [4.78, 5) is 35.9. The number of esters is 1. The predicted molar refractivity (Wildman–Crippen MR) is 111 cm³/mol. The Morgan fingerprint density at radius 3 is 2.20 bits per heavy atom. The minimum atomic E-state index is -0.654. The fourth-order valence-corrected chi connectivity index (χ4v) is 2.82. The summed E-state index contributed by atoms with van der Waals surface area (Å²) >= 11 is 0. The lowest BCUT2D eigenvalue weighted by molar-refractivity contribution is -0.147. The Hall–Kier alpha value is -3.80. The molecular weight excluding hydrogens is 385 g/mol. The number of anilines is 1. The number of nitrogens with one attached hydrogen (secondary N) is 1. The molecule has 0 aromatic heterocycles. The SMILES string of the molecule is O=C(COC(=O)CCC(=O)c1ccc(-c2ccccc2)cc1)Nc1cccc(F)c1. The van der Waals surface area contributed by atoms with Gasteiger partial charge in [0, 0.05) is 17.7 Å². The second kappa shape index (κ2) is 10.1. The number of ketones is 1. The number of hydrogen-bond donors (Lipinski definition) is 1. The summed E-state index contributed by atoms with van der Waals surface area (Å²) < 4.78 is 18.0. The van der Waals surface area contributed by atoms with Crippen LogP contribution in [-0.2, 0) is 14.3 Å². The van der Waals surface area contributed by atoms with E-state index in [1.807, 2.05) is 42.5 Å². The fourth-order valence-electron chi connectivity index (χ4n) is 2.82. The molecule has 0 radical (unpaired) electrons. The molecule has 0 atom stereocenters. The Morgan fingerprint density at radius 2 is 1.50 bits per heavy atom. The summed E-state index contributed by atoms with van der Waals surface area (Å²) in [5.74, 6) is -1.91. The third kappa shape index (κ3) is 6.10. The van der Waals surface area contributed by atoms with Crippen LogP contribution in [0.25, 0.3) is 11.1 Å². The van der Waals surface area contributed by atoms with Crippen molar-refractivity contribution in [1.82, 2.24) is 0 Å². The van der Waals surface area contributed by atoms with Crippen LogP contribution in [0, 0.1) is 5.82 Å². The molecule has 0 bridgehead atoms. The molecule has 1 amide bonds. The predicted octanol–water partition coefficient (Wildman–Crippen LogP) is 4.64. The number of rotatable bonds is 8. The fraction of sp³-hybridized carbons (Fsp3) is 0.125. The van der Waals surface area contributed by atoms with Gasteiger partial charge in [0.1, 0.15) is 5.82 Å². The van der Waals surface area contributed by atoms with Crippen LogP contribution in [0.15, 0.2) is 78.9 Å². The van der Waals surface area contributed by atoms with Gasteiger partial charge in [-0.15, -0.1) is 0 Å². The zero-order chi connectivity index (χ0) is 21.3. The smallest absolute Gasteiger partial charge is 0.306 e. The van der Waals surface area contributed by atoms with Crippen LogP contribution in [-0.4, -0.2) is 24.3 Å². The topological polar surface area (TPSA) is 72.5 Å². The van der Waals surface area contributed by atoms with E-state index in [9.17, 15) is 18.8 Å². The maximum atomic E-state index is 13.1. The molecule has 152 valence electrons. The van der Waals surface area contributed by atoms with Crippen LogP contribution in [0.4, 0.5) is 10.1 Å². The lowest BCUT2D eigenvalue weighted by atomic mass is 10.0. The van der Waals surface area contributed by atoms with Gasteiger partial charge in [0.25, 0.3) is 5.91 Å². The van der Waals surface area contributed by atoms with Crippen molar-refractivity contribution in [1.29, 1.82) is 0 Å². The molecule has 3 rings (SSSR count). The molecule has 0 fully saturated rings. The largest absolute Gasteiger partial charge is 0.456 e. The van der Waals surface area contributed by atoms with Crippen molar-refractivity contribution in [2.24, 2.45) is 0 Å². The Balaban J connectivity index is 1.43. The minimum absolute atomic E-state index is 0.0188. The molecule has 0 unspecified atom stereocenters. The molecule has 5 nitrogen and oxygen atoms in total. The van der Waals surface area contributed by atoms with E-state index in [0.29, 0.717) is 5.56 Å². The van der Waals surface area contributed by atoms with Crippen molar-refractivity contribution in [3.63, 3.8) is 0 Å². The van der Waals surface area contributed by atoms with Crippen LogP contribution >= 0.6 is 0 Å². The third-order valence-corrected chi connectivity index (χ3v) is 4.34. The maximum Gasteiger partial charge on any atom is 0.306 e. The van der Waals surface area contributed by atoms with Crippen molar-refractivity contribution in [3.8, 4) is 11.1 Å². The summed E-state index contributed by atoms with van der Waals surface area (Å²) in [6, 6.07) is 22.3. The van der Waals surface area contributed by atoms with E-state index in [4.69, 9.17) is 4.74 Å². The standard InChI is InChI=1S/C24H20FNO4/c25-20-7-4-8-21(15-20)26-23(28)16-30-24(29)14-13-22(27)19-11-9-18(10-12-19)17-5-2-1-3-6-17/h1-12,15H,13-14,16H2,(H,26,28). The molecule has 0 aliphatic rings. The first kappa shape index (κ1) is 20.9. The van der Waals surface area contributed by atoms with Crippen LogP contribution in [0.2, 0.25) is 0 Å². The number of halogens is 1. The van der Waals surface area contributed by atoms with Crippen LogP contribution < -0.4 is 5.32 Å². The number of Topliss-reactive ketones (excluding diaryl/α,β-unsaturated/α-hetero) is 1. The van der Waals surface area contributed by atoms with Gasteiger partial charge in [-0.1, -0.05) is 60.7 Å². The van der Waals surface area contributed by atoms with Crippen LogP contribution in [0.1, 0.15) is 23.2 Å². The van der Waals surface area contributed by atoms with Crippen molar-refractivity contribution in [2.45, 2.75) is 12.8 Å². The lowest BCUT2D eigenvalue weighted by Gasteiger charge is -2.07. The van der Waals surface area contributed by atoms with Gasteiger partial charge in [0.15, 0.2) is 12.4 Å². The summed E-state index contributed by atoms with van der Waals surface area (Å²) in [6.07, 6.45) is -0.151. The molecule has 0 aliphatic carbocycles. The average molecular weight is 405 g/mol. The highest BCUT2D eigenvalue weighted by atomic mass is 19.1. The molecule has 1 N–H and O–H groups in total. The normalized spacial score (nSPS) is 10.3. The average Bonchev–Trinajstić information content (AvgIpc) is 2.77. The third-order valence-electron chi connectivity index (χ3n) is 4.34. The molecular formula is C24H20FNO4. The van der Waals surface area contributed by atoms with Gasteiger partial charge in [0.05, 0.1) is 6.42 Å². The molecule has 0 heterocycles. The lowest BCUT2D eigenvalue weighted by Crippen LogP contribution is -2.21. The first-order valence-electron chi connectivity index (χ1n) is 9.41. The van der Waals surface area contributed by atoms with Crippen molar-refractivity contribution >= 4 is 23.3 Å². The highest BCUT2D eigenvalue weighted by molar-refractivity contribution is 5.98. The summed E-state index contributed by atoms with van der Waals surface area (Å²) in [5.41, 5.74) is 2.82. The van der Waals surface area contributed by atoms with E-state index in [0.717, 1.165) is 17.2 Å². The molecule has 3 aromatic rings. The zero-order valence-corrected chi connectivity index (χ0v) is 16.1. The van der Waals surface area contributed by atoms with E-state index in [1.54, 1.807) is 12.1 Å². The summed E-state index contributed by atoms with van der Waals surface area (Å²) in [6.45, 7) is -0.505. The number of amides is 1. The zero-order valence-electron chi connectivity index (χ0n) is 16.1. The van der Waals surface area contributed by atoms with E-state index < -0.39 is 24.3 Å². The quantitative estimate of drug-likeness (QED) is 0.438. The number of benzene rings is 3. The molecule has 6 heteroatoms. The van der Waals surface area contributed by atoms with Gasteiger partial charge in [-0.2, -0.15) is 0 Å². The Morgan fingerprint density at radius 1 is 0.800 bits per heavy atom. The Bertz CT molecular complexity index is 1030. The summed E-state index contributed by atoms with van der Waals surface area (Å²) in [7, 11) is 0.